The topological polar surface area (TPSA) is 103 Å². The van der Waals surface area contributed by atoms with Crippen LogP contribution in [0.1, 0.15) is 16.8 Å². The molecule has 0 spiro atoms. The molecule has 1 atom stereocenters. The molecule has 1 aromatic heterocycles. The Morgan fingerprint density at radius 1 is 1.55 bits per heavy atom. The first-order valence-electron chi connectivity index (χ1n) is 5.77. The van der Waals surface area contributed by atoms with Gasteiger partial charge in [-0.2, -0.15) is 0 Å². The molecule has 2 rings (SSSR count). The average Bonchev–Trinajstić information content (AvgIpc) is 2.80. The number of halogens is 1. The van der Waals surface area contributed by atoms with E-state index in [1.54, 1.807) is 0 Å². The Bertz CT molecular complexity index is 590. The third kappa shape index (κ3) is 2.64. The van der Waals surface area contributed by atoms with Crippen LogP contribution in [0, 0.1) is 5.92 Å². The van der Waals surface area contributed by atoms with Gasteiger partial charge in [0.2, 0.25) is 11.8 Å². The lowest BCUT2D eigenvalue weighted by Crippen LogP contribution is -2.29. The summed E-state index contributed by atoms with van der Waals surface area (Å²) in [4.78, 5) is 40.2. The van der Waals surface area contributed by atoms with Gasteiger partial charge in [0.05, 0.1) is 30.5 Å². The van der Waals surface area contributed by atoms with E-state index in [4.69, 9.17) is 5.73 Å². The van der Waals surface area contributed by atoms with E-state index in [0.717, 1.165) is 0 Å². The monoisotopic (exact) mass is 341 g/mol. The number of carbonyl (C=O) groups is 3. The second kappa shape index (κ2) is 5.58. The Kier molecular flexibility index (Phi) is 4.03. The van der Waals surface area contributed by atoms with Gasteiger partial charge in [0, 0.05) is 13.0 Å². The highest BCUT2D eigenvalue weighted by Crippen LogP contribution is 2.29. The maximum absolute atomic E-state index is 12.0. The predicted octanol–water partition coefficient (Wildman–Crippen LogP) is 0.469. The van der Waals surface area contributed by atoms with Gasteiger partial charge in [0.25, 0.3) is 0 Å². The Morgan fingerprint density at radius 3 is 2.80 bits per heavy atom. The number of aromatic nitrogens is 1. The minimum atomic E-state index is -0.585. The summed E-state index contributed by atoms with van der Waals surface area (Å²) < 4.78 is 5.13. The number of hydrogen-bond donors (Lipinski definition) is 1. The molecule has 1 unspecified atom stereocenters. The summed E-state index contributed by atoms with van der Waals surface area (Å²) in [6.07, 6.45) is 1.42. The summed E-state index contributed by atoms with van der Waals surface area (Å²) in [6, 6.07) is 1.46. The van der Waals surface area contributed by atoms with Crippen molar-refractivity contribution in [2.45, 2.75) is 6.42 Å². The molecule has 7 nitrogen and oxygen atoms in total. The molecule has 1 fully saturated rings. The highest BCUT2D eigenvalue weighted by atomic mass is 79.9. The number of nitrogens with zero attached hydrogens (tertiary/aromatic N) is 2. The van der Waals surface area contributed by atoms with Gasteiger partial charge in [-0.1, -0.05) is 0 Å². The molecule has 0 aliphatic carbocycles. The summed E-state index contributed by atoms with van der Waals surface area (Å²) in [6.45, 7) is 0.140. The van der Waals surface area contributed by atoms with E-state index in [2.05, 4.69) is 25.7 Å². The number of esters is 1. The Hall–Kier alpha value is -1.96. The molecule has 1 aliphatic rings. The number of amides is 2. The number of ether oxygens (including phenoxy) is 1. The van der Waals surface area contributed by atoms with Crippen LogP contribution < -0.4 is 10.6 Å². The van der Waals surface area contributed by atoms with Crippen LogP contribution in [0.25, 0.3) is 0 Å². The predicted molar refractivity (Wildman–Crippen MR) is 72.9 cm³/mol. The van der Waals surface area contributed by atoms with Gasteiger partial charge in [0.15, 0.2) is 0 Å². The smallest absolute Gasteiger partial charge is 0.340 e. The molecule has 0 bridgehead atoms. The third-order valence-corrected chi connectivity index (χ3v) is 3.51. The highest BCUT2D eigenvalue weighted by molar-refractivity contribution is 9.10. The van der Waals surface area contributed by atoms with Crippen molar-refractivity contribution in [2.75, 3.05) is 18.6 Å². The maximum Gasteiger partial charge on any atom is 0.340 e. The molecule has 1 aromatic rings. The van der Waals surface area contributed by atoms with Gasteiger partial charge in [-0.15, -0.1) is 0 Å². The number of carbonyl (C=O) groups excluding carboxylic acids is 3. The average molecular weight is 342 g/mol. The molecule has 1 aliphatic heterocycles. The van der Waals surface area contributed by atoms with Crippen LogP contribution in [0.2, 0.25) is 0 Å². The first kappa shape index (κ1) is 14.4. The second-order valence-corrected chi connectivity index (χ2v) is 5.14. The van der Waals surface area contributed by atoms with Crippen LogP contribution in [-0.4, -0.2) is 36.4 Å². The van der Waals surface area contributed by atoms with E-state index in [1.165, 1.54) is 24.3 Å². The Balaban J connectivity index is 2.40. The summed E-state index contributed by atoms with van der Waals surface area (Å²) >= 11 is 3.16. The fourth-order valence-corrected chi connectivity index (χ4v) is 2.37. The lowest BCUT2D eigenvalue weighted by atomic mass is 10.1. The fourth-order valence-electron chi connectivity index (χ4n) is 2.04. The number of anilines is 1. The molecule has 106 valence electrons. The van der Waals surface area contributed by atoms with Crippen LogP contribution in [0.3, 0.4) is 0 Å². The van der Waals surface area contributed by atoms with Crippen molar-refractivity contribution >= 4 is 39.4 Å². The minimum Gasteiger partial charge on any atom is -0.465 e. The number of pyridine rings is 1. The molecule has 0 radical (unpaired) electrons. The van der Waals surface area contributed by atoms with E-state index in [-0.39, 0.29) is 24.4 Å². The van der Waals surface area contributed by atoms with Crippen molar-refractivity contribution in [1.82, 2.24) is 4.98 Å². The molecule has 20 heavy (non-hydrogen) atoms. The van der Waals surface area contributed by atoms with Gasteiger partial charge >= 0.3 is 5.97 Å². The van der Waals surface area contributed by atoms with E-state index >= 15 is 0 Å². The lowest BCUT2D eigenvalue weighted by molar-refractivity contribution is -0.123. The van der Waals surface area contributed by atoms with E-state index in [1.807, 2.05) is 0 Å². The van der Waals surface area contributed by atoms with Gasteiger partial charge in [-0.05, 0) is 22.0 Å². The van der Waals surface area contributed by atoms with Gasteiger partial charge < -0.3 is 15.4 Å². The van der Waals surface area contributed by atoms with Crippen molar-refractivity contribution in [3.8, 4) is 0 Å². The van der Waals surface area contributed by atoms with Gasteiger partial charge in [-0.25, -0.2) is 9.78 Å². The highest BCUT2D eigenvalue weighted by Gasteiger charge is 2.36. The van der Waals surface area contributed by atoms with Crippen LogP contribution in [-0.2, 0) is 14.3 Å². The summed E-state index contributed by atoms with van der Waals surface area (Å²) in [5.41, 5.74) is 5.73. The second-order valence-electron chi connectivity index (χ2n) is 4.32. The van der Waals surface area contributed by atoms with Crippen LogP contribution >= 0.6 is 15.9 Å². The lowest BCUT2D eigenvalue weighted by Gasteiger charge is -2.18. The summed E-state index contributed by atoms with van der Waals surface area (Å²) in [5.74, 6) is -1.95. The first-order valence-corrected chi connectivity index (χ1v) is 6.57. The first-order chi connectivity index (χ1) is 9.43. The minimum absolute atomic E-state index is 0.0337. The van der Waals surface area contributed by atoms with Crippen LogP contribution in [0.4, 0.5) is 5.69 Å². The standard InChI is InChI=1S/C12H12BrN3O4/c1-20-12(19)7-3-9(13)15-4-8(7)16-5-6(11(14)18)2-10(16)17/h3-4,6H,2,5H2,1H3,(H2,14,18). The Labute approximate surface area is 123 Å². The zero-order valence-electron chi connectivity index (χ0n) is 10.6. The molecule has 0 aromatic carbocycles. The van der Waals surface area contributed by atoms with Gasteiger partial charge in [0.1, 0.15) is 4.60 Å². The fraction of sp³-hybridized carbons (Fsp3) is 0.333. The van der Waals surface area contributed by atoms with Crippen molar-refractivity contribution in [2.24, 2.45) is 11.7 Å². The normalized spacial score (nSPS) is 18.2. The van der Waals surface area contributed by atoms with Crippen molar-refractivity contribution in [3.05, 3.63) is 22.4 Å². The molecule has 0 saturated carbocycles. The molecular weight excluding hydrogens is 330 g/mol. The number of methoxy groups -OCH3 is 1. The molecule has 2 heterocycles. The Morgan fingerprint density at radius 2 is 2.25 bits per heavy atom. The van der Waals surface area contributed by atoms with E-state index < -0.39 is 17.8 Å². The molecule has 1 saturated heterocycles. The largest absolute Gasteiger partial charge is 0.465 e. The third-order valence-electron chi connectivity index (χ3n) is 3.07. The SMILES string of the molecule is COC(=O)c1cc(Br)ncc1N1CC(C(N)=O)CC1=O. The van der Waals surface area contributed by atoms with Crippen molar-refractivity contribution < 1.29 is 19.1 Å². The molecular formula is C12H12BrN3O4. The zero-order valence-corrected chi connectivity index (χ0v) is 12.2. The van der Waals surface area contributed by atoms with Crippen molar-refractivity contribution in [1.29, 1.82) is 0 Å². The zero-order chi connectivity index (χ0) is 14.9. The van der Waals surface area contributed by atoms with Crippen molar-refractivity contribution in [3.63, 3.8) is 0 Å². The number of primary amides is 1. The van der Waals surface area contributed by atoms with E-state index in [9.17, 15) is 14.4 Å². The van der Waals surface area contributed by atoms with Crippen LogP contribution in [0.5, 0.6) is 0 Å². The molecule has 2 amide bonds. The maximum atomic E-state index is 12.0. The molecule has 8 heteroatoms. The summed E-state index contributed by atoms with van der Waals surface area (Å²) in [7, 11) is 1.25. The number of rotatable bonds is 3. The molecule has 2 N–H and O–H groups in total. The summed E-state index contributed by atoms with van der Waals surface area (Å²) in [5, 5.41) is 0. The van der Waals surface area contributed by atoms with Crippen LogP contribution in [0.15, 0.2) is 16.9 Å². The van der Waals surface area contributed by atoms with Gasteiger partial charge in [-0.3, -0.25) is 9.59 Å². The quantitative estimate of drug-likeness (QED) is 0.635. The number of nitrogens with two attached hydrogens (primary N) is 1. The van der Waals surface area contributed by atoms with E-state index in [0.29, 0.717) is 10.3 Å². The number of hydrogen-bond acceptors (Lipinski definition) is 5.